The van der Waals surface area contributed by atoms with Gasteiger partial charge in [0, 0.05) is 17.7 Å². The Morgan fingerprint density at radius 1 is 1.03 bits per heavy atom. The lowest BCUT2D eigenvalue weighted by Crippen LogP contribution is -2.22. The number of ether oxygens (including phenoxy) is 2. The zero-order valence-corrected chi connectivity index (χ0v) is 26.1. The van der Waals surface area contributed by atoms with Crippen molar-refractivity contribution in [3.63, 3.8) is 0 Å². The van der Waals surface area contributed by atoms with E-state index in [1.807, 2.05) is 19.1 Å². The van der Waals surface area contributed by atoms with Crippen LogP contribution in [0.2, 0.25) is 0 Å². The van der Waals surface area contributed by atoms with Crippen LogP contribution in [0.1, 0.15) is 104 Å². The van der Waals surface area contributed by atoms with Crippen LogP contribution in [0, 0.1) is 30.1 Å². The maximum Gasteiger partial charge on any atom is 0.350 e. The summed E-state index contributed by atoms with van der Waals surface area (Å²) in [7, 11) is 0. The van der Waals surface area contributed by atoms with Crippen molar-refractivity contribution in [2.24, 2.45) is 11.8 Å². The quantitative estimate of drug-likeness (QED) is 0.0691. The van der Waals surface area contributed by atoms with Gasteiger partial charge in [0.05, 0.1) is 21.3 Å². The van der Waals surface area contributed by atoms with E-state index >= 15 is 0 Å². The number of nitriles is 1. The summed E-state index contributed by atoms with van der Waals surface area (Å²) in [5.41, 5.74) is -0.0718. The number of aliphatic hydroxyl groups is 1. The molecule has 0 aliphatic carbocycles. The molecule has 1 aromatic carbocycles. The third-order valence-corrected chi connectivity index (χ3v) is 9.88. The maximum atomic E-state index is 12.7. The van der Waals surface area contributed by atoms with Crippen LogP contribution >= 0.6 is 23.5 Å². The van der Waals surface area contributed by atoms with E-state index in [2.05, 4.69) is 20.8 Å². The summed E-state index contributed by atoms with van der Waals surface area (Å²) < 4.78 is 11.5. The first-order valence-electron chi connectivity index (χ1n) is 14.2. The Kier molecular flexibility index (Phi) is 13.9. The zero-order valence-electron chi connectivity index (χ0n) is 24.4. The van der Waals surface area contributed by atoms with E-state index in [0.717, 1.165) is 28.2 Å². The lowest BCUT2D eigenvalue weighted by molar-refractivity contribution is -0.139. The van der Waals surface area contributed by atoms with Crippen molar-refractivity contribution in [2.75, 3.05) is 6.61 Å². The minimum Gasteiger partial charge on any atom is -0.461 e. The fourth-order valence-corrected chi connectivity index (χ4v) is 6.91. The van der Waals surface area contributed by atoms with E-state index < -0.39 is 11.6 Å². The molecule has 0 spiro atoms. The van der Waals surface area contributed by atoms with Crippen molar-refractivity contribution >= 4 is 35.5 Å². The summed E-state index contributed by atoms with van der Waals surface area (Å²) in [5.74, 6) is 0.687. The maximum absolute atomic E-state index is 12.7. The molecule has 0 aromatic heterocycles. The van der Waals surface area contributed by atoms with Gasteiger partial charge in [-0.2, -0.15) is 5.26 Å². The van der Waals surface area contributed by atoms with Gasteiger partial charge in [-0.25, -0.2) is 4.79 Å². The number of hydrogen-bond donors (Lipinski definition) is 1. The van der Waals surface area contributed by atoms with E-state index in [1.54, 1.807) is 19.9 Å². The number of thioether (sulfide) groups is 2. The molecule has 216 valence electrons. The van der Waals surface area contributed by atoms with Crippen LogP contribution in [-0.2, 0) is 14.3 Å². The van der Waals surface area contributed by atoms with Crippen LogP contribution in [0.5, 0.6) is 5.75 Å². The Bertz CT molecular complexity index is 1050. The molecule has 2 atom stereocenters. The Morgan fingerprint density at radius 2 is 1.67 bits per heavy atom. The standard InChI is InChI=1S/C31H45NO5S2/c1-7-8-9-10-11-13-21(2)22(3)14-12-15-26(33)37-25-17-16-23(4)27-28(25)39-30(38-27)24(20-32)29(34)36-19-18-31(5,6)35/h16-17,21-22,35H,7-15,18-19H2,1-6H3/b30-24+. The topological polar surface area (TPSA) is 96.6 Å². The Labute approximate surface area is 243 Å². The van der Waals surface area contributed by atoms with Gasteiger partial charge in [0.2, 0.25) is 0 Å². The lowest BCUT2D eigenvalue weighted by Gasteiger charge is -2.19. The molecule has 0 bridgehead atoms. The summed E-state index contributed by atoms with van der Waals surface area (Å²) in [4.78, 5) is 26.9. The van der Waals surface area contributed by atoms with Crippen LogP contribution < -0.4 is 4.74 Å². The van der Waals surface area contributed by atoms with Crippen LogP contribution in [0.15, 0.2) is 31.7 Å². The van der Waals surface area contributed by atoms with E-state index in [9.17, 15) is 20.0 Å². The number of benzene rings is 1. The molecule has 0 saturated heterocycles. The molecule has 1 heterocycles. The second-order valence-corrected chi connectivity index (χ2v) is 13.5. The van der Waals surface area contributed by atoms with Gasteiger partial charge in [0.1, 0.15) is 11.8 Å². The van der Waals surface area contributed by atoms with Crippen molar-refractivity contribution < 1.29 is 24.2 Å². The second kappa shape index (κ2) is 16.3. The second-order valence-electron chi connectivity index (χ2n) is 11.2. The average molecular weight is 576 g/mol. The Hall–Kier alpha value is -1.95. The fraction of sp³-hybridized carbons (Fsp3) is 0.645. The molecular formula is C31H45NO5S2. The van der Waals surface area contributed by atoms with Gasteiger partial charge in [0.15, 0.2) is 5.57 Å². The van der Waals surface area contributed by atoms with Gasteiger partial charge in [-0.1, -0.05) is 88.9 Å². The average Bonchev–Trinajstić information content (AvgIpc) is 3.31. The number of carbonyl (C=O) groups is 2. The van der Waals surface area contributed by atoms with Gasteiger partial charge in [-0.05, 0) is 57.1 Å². The highest BCUT2D eigenvalue weighted by Gasteiger charge is 2.30. The van der Waals surface area contributed by atoms with E-state index in [4.69, 9.17) is 9.47 Å². The molecular weight excluding hydrogens is 530 g/mol. The first-order chi connectivity index (χ1) is 18.5. The molecule has 1 aliphatic heterocycles. The SMILES string of the molecule is CCCCCCCC(C)C(C)CCCC(=O)Oc1ccc(C)c2c1S/C(=C(\C#N)C(=O)OCCC(C)(C)O)S2. The van der Waals surface area contributed by atoms with Crippen LogP contribution in [0.25, 0.3) is 0 Å². The van der Waals surface area contributed by atoms with Gasteiger partial charge in [-0.3, -0.25) is 4.79 Å². The number of hydrogen-bond acceptors (Lipinski definition) is 8. The molecule has 0 fully saturated rings. The first kappa shape index (κ1) is 33.3. The molecule has 0 amide bonds. The monoisotopic (exact) mass is 575 g/mol. The minimum absolute atomic E-state index is 0.0152. The number of unbranched alkanes of at least 4 members (excludes halogenated alkanes) is 4. The lowest BCUT2D eigenvalue weighted by atomic mass is 9.87. The Morgan fingerprint density at radius 3 is 2.31 bits per heavy atom. The van der Waals surface area contributed by atoms with Gasteiger partial charge >= 0.3 is 11.9 Å². The highest BCUT2D eigenvalue weighted by molar-refractivity contribution is 8.24. The van der Waals surface area contributed by atoms with Gasteiger partial charge in [-0.15, -0.1) is 0 Å². The van der Waals surface area contributed by atoms with Crippen molar-refractivity contribution in [3.8, 4) is 11.8 Å². The van der Waals surface area contributed by atoms with E-state index in [-0.39, 0.29) is 24.6 Å². The third kappa shape index (κ3) is 11.2. The van der Waals surface area contributed by atoms with Crippen LogP contribution in [0.3, 0.4) is 0 Å². The first-order valence-corrected chi connectivity index (χ1v) is 15.8. The normalized spacial score (nSPS) is 15.7. The Balaban J connectivity index is 1.93. The van der Waals surface area contributed by atoms with Crippen LogP contribution in [0.4, 0.5) is 0 Å². The minimum atomic E-state index is -0.965. The number of carbonyl (C=O) groups excluding carboxylic acids is 2. The van der Waals surface area contributed by atoms with Gasteiger partial charge < -0.3 is 14.6 Å². The summed E-state index contributed by atoms with van der Waals surface area (Å²) in [6.45, 7) is 12.1. The smallest absolute Gasteiger partial charge is 0.350 e. The molecule has 2 rings (SSSR count). The summed E-state index contributed by atoms with van der Waals surface area (Å²) in [6, 6.07) is 5.63. The number of nitrogens with zero attached hydrogens (tertiary/aromatic N) is 1. The largest absolute Gasteiger partial charge is 0.461 e. The van der Waals surface area contributed by atoms with Crippen molar-refractivity contribution in [3.05, 3.63) is 27.5 Å². The molecule has 1 aliphatic rings. The van der Waals surface area contributed by atoms with Crippen molar-refractivity contribution in [2.45, 2.75) is 121 Å². The molecule has 2 unspecified atom stereocenters. The number of rotatable bonds is 16. The number of esters is 2. The van der Waals surface area contributed by atoms with Crippen LogP contribution in [-0.4, -0.2) is 29.3 Å². The summed E-state index contributed by atoms with van der Waals surface area (Å²) in [5, 5.41) is 19.5. The highest BCUT2D eigenvalue weighted by Crippen LogP contribution is 2.56. The molecule has 6 nitrogen and oxygen atoms in total. The van der Waals surface area contributed by atoms with Gasteiger partial charge in [0.25, 0.3) is 0 Å². The zero-order chi connectivity index (χ0) is 29.0. The van der Waals surface area contributed by atoms with Crippen molar-refractivity contribution in [1.29, 1.82) is 5.26 Å². The molecule has 0 saturated carbocycles. The summed E-state index contributed by atoms with van der Waals surface area (Å²) in [6.07, 6.45) is 10.2. The highest BCUT2D eigenvalue weighted by atomic mass is 32.2. The number of aryl methyl sites for hydroxylation is 1. The number of fused-ring (bicyclic) bond motifs is 1. The molecule has 8 heteroatoms. The van der Waals surface area contributed by atoms with Crippen molar-refractivity contribution in [1.82, 2.24) is 0 Å². The fourth-order valence-electron chi connectivity index (χ4n) is 4.28. The summed E-state index contributed by atoms with van der Waals surface area (Å²) >= 11 is 2.57. The van der Waals surface area contributed by atoms with E-state index in [0.29, 0.717) is 28.2 Å². The molecule has 1 aromatic rings. The predicted octanol–water partition coefficient (Wildman–Crippen LogP) is 8.34. The predicted molar refractivity (Wildman–Crippen MR) is 159 cm³/mol. The third-order valence-electron chi connectivity index (χ3n) is 7.13. The van der Waals surface area contributed by atoms with E-state index in [1.165, 1.54) is 62.0 Å². The molecule has 39 heavy (non-hydrogen) atoms. The molecule has 0 radical (unpaired) electrons. The molecule has 1 N–H and O–H groups in total.